The Kier molecular flexibility index (Phi) is 4.97. The first-order valence-electron chi connectivity index (χ1n) is 7.56. The molecule has 0 unspecified atom stereocenters. The van der Waals surface area contributed by atoms with Crippen molar-refractivity contribution in [2.24, 2.45) is 0 Å². The summed E-state index contributed by atoms with van der Waals surface area (Å²) in [5, 5.41) is 0.339. The molecule has 25 heavy (non-hydrogen) atoms. The summed E-state index contributed by atoms with van der Waals surface area (Å²) in [4.78, 5) is 0.129. The molecular weight excluding hydrogens is 358 g/mol. The summed E-state index contributed by atoms with van der Waals surface area (Å²) in [5.74, 6) is 1.29. The highest BCUT2D eigenvalue weighted by atomic mass is 35.5. The summed E-state index contributed by atoms with van der Waals surface area (Å²) >= 11 is 6.00. The van der Waals surface area contributed by atoms with Crippen molar-refractivity contribution >= 4 is 27.3 Å². The third kappa shape index (κ3) is 4.13. The zero-order valence-electron chi connectivity index (χ0n) is 13.4. The van der Waals surface area contributed by atoms with Gasteiger partial charge in [-0.25, -0.2) is 8.42 Å². The Morgan fingerprint density at radius 1 is 0.880 bits per heavy atom. The molecule has 0 heterocycles. The van der Waals surface area contributed by atoms with Gasteiger partial charge in [-0.05, 0) is 55.0 Å². The van der Waals surface area contributed by atoms with Crippen LogP contribution in [0, 0.1) is 6.92 Å². The fraction of sp³-hybridized carbons (Fsp3) is 0.0526. The standard InChI is InChI=1S/C19H16ClNO3S/c1-14-6-2-5-9-19(14)24-15-10-12-16(13-11-15)25(22,23)21-18-8-4-3-7-17(18)20/h2-13,21H,1H3. The maximum absolute atomic E-state index is 12.5. The molecule has 6 heteroatoms. The summed E-state index contributed by atoms with van der Waals surface area (Å²) in [7, 11) is -3.72. The van der Waals surface area contributed by atoms with Gasteiger partial charge in [0.15, 0.2) is 0 Å². The molecule has 0 atom stereocenters. The highest BCUT2D eigenvalue weighted by molar-refractivity contribution is 7.92. The van der Waals surface area contributed by atoms with E-state index in [1.165, 1.54) is 12.1 Å². The van der Waals surface area contributed by atoms with Crippen molar-refractivity contribution < 1.29 is 13.2 Å². The van der Waals surface area contributed by atoms with E-state index < -0.39 is 10.0 Å². The molecule has 0 saturated carbocycles. The molecule has 4 nitrogen and oxygen atoms in total. The van der Waals surface area contributed by atoms with Crippen molar-refractivity contribution in [1.29, 1.82) is 0 Å². The van der Waals surface area contributed by atoms with Crippen LogP contribution in [0.15, 0.2) is 77.7 Å². The van der Waals surface area contributed by atoms with Gasteiger partial charge in [0.05, 0.1) is 15.6 Å². The first kappa shape index (κ1) is 17.3. The summed E-state index contributed by atoms with van der Waals surface area (Å²) < 4.78 is 33.2. The SMILES string of the molecule is Cc1ccccc1Oc1ccc(S(=O)(=O)Nc2ccccc2Cl)cc1. The smallest absolute Gasteiger partial charge is 0.261 e. The number of sulfonamides is 1. The van der Waals surface area contributed by atoms with Crippen LogP contribution in [0.4, 0.5) is 5.69 Å². The Hall–Kier alpha value is -2.50. The number of aryl methyl sites for hydroxylation is 1. The zero-order chi connectivity index (χ0) is 17.9. The Bertz CT molecular complexity index is 986. The van der Waals surface area contributed by atoms with E-state index in [2.05, 4.69) is 4.72 Å². The van der Waals surface area contributed by atoms with Gasteiger partial charge >= 0.3 is 0 Å². The van der Waals surface area contributed by atoms with E-state index >= 15 is 0 Å². The van der Waals surface area contributed by atoms with Gasteiger partial charge in [-0.1, -0.05) is 41.9 Å². The normalized spacial score (nSPS) is 11.1. The molecule has 128 valence electrons. The first-order chi connectivity index (χ1) is 12.0. The quantitative estimate of drug-likeness (QED) is 0.665. The van der Waals surface area contributed by atoms with Crippen LogP contribution < -0.4 is 9.46 Å². The third-order valence-electron chi connectivity index (χ3n) is 3.57. The number of rotatable bonds is 5. The Morgan fingerprint density at radius 3 is 2.20 bits per heavy atom. The predicted molar refractivity (Wildman–Crippen MR) is 100.0 cm³/mol. The maximum atomic E-state index is 12.5. The number of benzene rings is 3. The van der Waals surface area contributed by atoms with E-state index in [0.717, 1.165) is 11.3 Å². The van der Waals surface area contributed by atoms with Crippen LogP contribution in [-0.2, 0) is 10.0 Å². The summed E-state index contributed by atoms with van der Waals surface area (Å²) in [5.41, 5.74) is 1.34. The third-order valence-corrected chi connectivity index (χ3v) is 5.28. The van der Waals surface area contributed by atoms with Crippen molar-refractivity contribution in [3.8, 4) is 11.5 Å². The summed E-state index contributed by atoms with van der Waals surface area (Å²) in [6, 6.07) is 20.5. The minimum absolute atomic E-state index is 0.129. The Morgan fingerprint density at radius 2 is 1.52 bits per heavy atom. The second-order valence-corrected chi connectivity index (χ2v) is 7.51. The van der Waals surface area contributed by atoms with Gasteiger partial charge in [0.1, 0.15) is 11.5 Å². The molecule has 0 amide bonds. The van der Waals surface area contributed by atoms with E-state index in [9.17, 15) is 8.42 Å². The van der Waals surface area contributed by atoms with Crippen molar-refractivity contribution in [2.75, 3.05) is 4.72 Å². The van der Waals surface area contributed by atoms with Crippen LogP contribution in [0.3, 0.4) is 0 Å². The molecule has 0 bridgehead atoms. The van der Waals surface area contributed by atoms with Gasteiger partial charge in [-0.2, -0.15) is 0 Å². The number of ether oxygens (including phenoxy) is 1. The summed E-state index contributed by atoms with van der Waals surface area (Å²) in [6.07, 6.45) is 0. The zero-order valence-corrected chi connectivity index (χ0v) is 15.0. The van der Waals surface area contributed by atoms with Crippen LogP contribution in [0.5, 0.6) is 11.5 Å². The molecule has 0 fully saturated rings. The lowest BCUT2D eigenvalue weighted by atomic mass is 10.2. The lowest BCUT2D eigenvalue weighted by molar-refractivity contribution is 0.478. The van der Waals surface area contributed by atoms with Gasteiger partial charge in [0.2, 0.25) is 0 Å². The summed E-state index contributed by atoms with van der Waals surface area (Å²) in [6.45, 7) is 1.95. The molecule has 0 radical (unpaired) electrons. The van der Waals surface area contributed by atoms with E-state index in [4.69, 9.17) is 16.3 Å². The number of nitrogens with one attached hydrogen (secondary N) is 1. The molecule has 0 spiro atoms. The molecule has 0 saturated heterocycles. The molecular formula is C19H16ClNO3S. The number of anilines is 1. The lowest BCUT2D eigenvalue weighted by Gasteiger charge is -2.11. The van der Waals surface area contributed by atoms with E-state index in [-0.39, 0.29) is 4.90 Å². The monoisotopic (exact) mass is 373 g/mol. The fourth-order valence-electron chi connectivity index (χ4n) is 2.23. The molecule has 3 rings (SSSR count). The number of hydrogen-bond acceptors (Lipinski definition) is 3. The molecule has 0 aliphatic rings. The van der Waals surface area contributed by atoms with Gasteiger partial charge in [-0.15, -0.1) is 0 Å². The molecule has 3 aromatic rings. The van der Waals surface area contributed by atoms with E-state index in [1.807, 2.05) is 31.2 Å². The van der Waals surface area contributed by atoms with Gasteiger partial charge in [0.25, 0.3) is 10.0 Å². The van der Waals surface area contributed by atoms with Gasteiger partial charge in [0, 0.05) is 0 Å². The van der Waals surface area contributed by atoms with Crippen molar-refractivity contribution in [2.45, 2.75) is 11.8 Å². The first-order valence-corrected chi connectivity index (χ1v) is 9.43. The van der Waals surface area contributed by atoms with Crippen molar-refractivity contribution in [1.82, 2.24) is 0 Å². The van der Waals surface area contributed by atoms with Crippen LogP contribution in [0.1, 0.15) is 5.56 Å². The molecule has 0 aliphatic heterocycles. The average molecular weight is 374 g/mol. The number of hydrogen-bond donors (Lipinski definition) is 1. The van der Waals surface area contributed by atoms with Crippen LogP contribution in [0.25, 0.3) is 0 Å². The second-order valence-electron chi connectivity index (χ2n) is 5.42. The highest BCUT2D eigenvalue weighted by Crippen LogP contribution is 2.27. The molecule has 1 N–H and O–H groups in total. The number of halogens is 1. The largest absolute Gasteiger partial charge is 0.457 e. The van der Waals surface area contributed by atoms with Crippen LogP contribution >= 0.6 is 11.6 Å². The Balaban J connectivity index is 1.80. The van der Waals surface area contributed by atoms with Gasteiger partial charge in [-0.3, -0.25) is 4.72 Å². The van der Waals surface area contributed by atoms with Crippen LogP contribution in [-0.4, -0.2) is 8.42 Å². The lowest BCUT2D eigenvalue weighted by Crippen LogP contribution is -2.13. The molecule has 0 aromatic heterocycles. The Labute approximate surface area is 152 Å². The van der Waals surface area contributed by atoms with Crippen molar-refractivity contribution in [3.05, 3.63) is 83.4 Å². The highest BCUT2D eigenvalue weighted by Gasteiger charge is 2.15. The minimum Gasteiger partial charge on any atom is -0.457 e. The maximum Gasteiger partial charge on any atom is 0.261 e. The van der Waals surface area contributed by atoms with Crippen molar-refractivity contribution in [3.63, 3.8) is 0 Å². The van der Waals surface area contributed by atoms with E-state index in [1.54, 1.807) is 36.4 Å². The fourth-order valence-corrected chi connectivity index (χ4v) is 3.55. The predicted octanol–water partition coefficient (Wildman–Crippen LogP) is 5.24. The second kappa shape index (κ2) is 7.17. The topological polar surface area (TPSA) is 55.4 Å². The minimum atomic E-state index is -3.72. The number of para-hydroxylation sites is 2. The van der Waals surface area contributed by atoms with E-state index in [0.29, 0.717) is 16.5 Å². The average Bonchev–Trinajstić information content (AvgIpc) is 2.59. The van der Waals surface area contributed by atoms with Gasteiger partial charge < -0.3 is 4.74 Å². The molecule has 0 aliphatic carbocycles. The molecule has 3 aromatic carbocycles. The van der Waals surface area contributed by atoms with Crippen LogP contribution in [0.2, 0.25) is 5.02 Å².